The summed E-state index contributed by atoms with van der Waals surface area (Å²) in [5.74, 6) is -3.41. The third-order valence-corrected chi connectivity index (χ3v) is 2.94. The molecule has 0 radical (unpaired) electrons. The molecule has 1 fully saturated rings. The van der Waals surface area contributed by atoms with E-state index in [4.69, 9.17) is 0 Å². The van der Waals surface area contributed by atoms with Crippen LogP contribution in [0.1, 0.15) is 20.8 Å². The zero-order valence-electron chi connectivity index (χ0n) is 9.63. The van der Waals surface area contributed by atoms with Gasteiger partial charge in [0.05, 0.1) is 12.5 Å². The highest BCUT2D eigenvalue weighted by Gasteiger charge is 2.65. The maximum absolute atomic E-state index is 12.8. The number of hydrogen-bond acceptors (Lipinski definition) is 4. The van der Waals surface area contributed by atoms with Crippen LogP contribution >= 0.6 is 0 Å². The molecule has 0 aliphatic carbocycles. The molecule has 0 N–H and O–H groups in total. The van der Waals surface area contributed by atoms with Gasteiger partial charge in [0.25, 0.3) is 0 Å². The van der Waals surface area contributed by atoms with E-state index in [0.717, 1.165) is 13.8 Å². The number of ketones is 1. The van der Waals surface area contributed by atoms with E-state index in [-0.39, 0.29) is 6.61 Å². The molecular formula is C10H13F3O4. The number of carbonyl (C=O) groups is 2. The second-order valence-electron chi connectivity index (χ2n) is 3.98. The van der Waals surface area contributed by atoms with Crippen LogP contribution in [-0.4, -0.2) is 36.2 Å². The highest BCUT2D eigenvalue weighted by atomic mass is 19.4. The Morgan fingerprint density at radius 1 is 1.53 bits per heavy atom. The van der Waals surface area contributed by atoms with Gasteiger partial charge < -0.3 is 9.47 Å². The normalized spacial score (nSPS) is 33.9. The summed E-state index contributed by atoms with van der Waals surface area (Å²) in [6, 6.07) is 0. The zero-order valence-corrected chi connectivity index (χ0v) is 9.63. The van der Waals surface area contributed by atoms with Crippen molar-refractivity contribution >= 4 is 11.8 Å². The molecule has 1 heterocycles. The Kier molecular flexibility index (Phi) is 3.52. The van der Waals surface area contributed by atoms with Gasteiger partial charge in [0, 0.05) is 0 Å². The lowest BCUT2D eigenvalue weighted by atomic mass is 9.88. The molecule has 0 saturated carbocycles. The lowest BCUT2D eigenvalue weighted by Gasteiger charge is -2.29. The lowest BCUT2D eigenvalue weighted by Crippen LogP contribution is -2.47. The molecule has 17 heavy (non-hydrogen) atoms. The highest BCUT2D eigenvalue weighted by molar-refractivity contribution is 6.05. The van der Waals surface area contributed by atoms with Gasteiger partial charge in [0.15, 0.2) is 11.4 Å². The van der Waals surface area contributed by atoms with Crippen LogP contribution in [0.15, 0.2) is 0 Å². The molecule has 0 spiro atoms. The van der Waals surface area contributed by atoms with Crippen molar-refractivity contribution in [1.29, 1.82) is 0 Å². The summed E-state index contributed by atoms with van der Waals surface area (Å²) in [5.41, 5.74) is -2.64. The Labute approximate surface area is 96.1 Å². The standard InChI is InChI=1S/C10H13F3O4/c1-4-16-8(15)7-6(14)5(2)9(3,17-7)10(11,12)13/h5,7H,4H2,1-3H3/t5-,7?,9+/m0/s1. The van der Waals surface area contributed by atoms with Crippen molar-refractivity contribution in [2.45, 2.75) is 38.7 Å². The quantitative estimate of drug-likeness (QED) is 0.553. The van der Waals surface area contributed by atoms with Crippen molar-refractivity contribution in [3.63, 3.8) is 0 Å². The average Bonchev–Trinajstić information content (AvgIpc) is 2.43. The zero-order chi connectivity index (χ0) is 13.4. The second kappa shape index (κ2) is 4.29. The number of Topliss-reactive ketones (excluding diaryl/α,β-unsaturated/α-hetero) is 1. The summed E-state index contributed by atoms with van der Waals surface area (Å²) in [6.45, 7) is 3.32. The molecule has 1 unspecified atom stereocenters. The molecule has 0 aromatic carbocycles. The van der Waals surface area contributed by atoms with Gasteiger partial charge in [0.2, 0.25) is 6.10 Å². The fraction of sp³-hybridized carbons (Fsp3) is 0.800. The smallest absolute Gasteiger partial charge is 0.417 e. The first kappa shape index (κ1) is 14.0. The summed E-state index contributed by atoms with van der Waals surface area (Å²) in [4.78, 5) is 22.8. The van der Waals surface area contributed by atoms with Gasteiger partial charge in [-0.25, -0.2) is 4.79 Å². The molecule has 4 nitrogen and oxygen atoms in total. The molecule has 3 atom stereocenters. The Balaban J connectivity index is 2.98. The minimum atomic E-state index is -4.72. The van der Waals surface area contributed by atoms with E-state index < -0.39 is 35.6 Å². The monoisotopic (exact) mass is 254 g/mol. The predicted molar refractivity (Wildman–Crippen MR) is 50.1 cm³/mol. The molecule has 1 aliphatic rings. The Bertz CT molecular complexity index is 339. The van der Waals surface area contributed by atoms with E-state index in [9.17, 15) is 22.8 Å². The van der Waals surface area contributed by atoms with Gasteiger partial charge in [-0.05, 0) is 13.8 Å². The first-order valence-corrected chi connectivity index (χ1v) is 5.10. The molecule has 98 valence electrons. The molecular weight excluding hydrogens is 241 g/mol. The minimum Gasteiger partial charge on any atom is -0.464 e. The van der Waals surface area contributed by atoms with Gasteiger partial charge >= 0.3 is 12.1 Å². The van der Waals surface area contributed by atoms with Crippen LogP contribution in [-0.2, 0) is 19.1 Å². The molecule has 0 aromatic rings. The van der Waals surface area contributed by atoms with Gasteiger partial charge in [-0.15, -0.1) is 0 Å². The summed E-state index contributed by atoms with van der Waals surface area (Å²) in [6.07, 6.45) is -6.50. The van der Waals surface area contributed by atoms with Crippen LogP contribution in [0.4, 0.5) is 13.2 Å². The topological polar surface area (TPSA) is 52.6 Å². The van der Waals surface area contributed by atoms with Crippen molar-refractivity contribution in [2.75, 3.05) is 6.61 Å². The number of halogens is 3. The molecule has 0 bridgehead atoms. The van der Waals surface area contributed by atoms with Crippen LogP contribution in [0.3, 0.4) is 0 Å². The largest absolute Gasteiger partial charge is 0.464 e. The van der Waals surface area contributed by atoms with Crippen LogP contribution in [0, 0.1) is 5.92 Å². The number of rotatable bonds is 2. The van der Waals surface area contributed by atoms with Crippen LogP contribution in [0.5, 0.6) is 0 Å². The van der Waals surface area contributed by atoms with Crippen molar-refractivity contribution < 1.29 is 32.2 Å². The van der Waals surface area contributed by atoms with Gasteiger partial charge in [-0.3, -0.25) is 4.79 Å². The molecule has 0 amide bonds. The van der Waals surface area contributed by atoms with E-state index in [0.29, 0.717) is 0 Å². The van der Waals surface area contributed by atoms with Crippen molar-refractivity contribution in [3.05, 3.63) is 0 Å². The Morgan fingerprint density at radius 3 is 2.41 bits per heavy atom. The first-order chi connectivity index (χ1) is 7.65. The summed E-state index contributed by atoms with van der Waals surface area (Å²) >= 11 is 0. The SMILES string of the molecule is CCOC(=O)C1O[C@@](C)(C(F)(F)F)[C@@H](C)C1=O. The van der Waals surface area contributed by atoms with Gasteiger partial charge in [0.1, 0.15) is 0 Å². The summed E-state index contributed by atoms with van der Waals surface area (Å²) in [5, 5.41) is 0. The number of alkyl halides is 3. The second-order valence-corrected chi connectivity index (χ2v) is 3.98. The fourth-order valence-electron chi connectivity index (χ4n) is 1.60. The van der Waals surface area contributed by atoms with E-state index in [1.54, 1.807) is 0 Å². The fourth-order valence-corrected chi connectivity index (χ4v) is 1.60. The molecule has 7 heteroatoms. The van der Waals surface area contributed by atoms with Crippen molar-refractivity contribution in [1.82, 2.24) is 0 Å². The maximum Gasteiger partial charge on any atom is 0.417 e. The van der Waals surface area contributed by atoms with E-state index in [2.05, 4.69) is 9.47 Å². The van der Waals surface area contributed by atoms with Crippen LogP contribution < -0.4 is 0 Å². The van der Waals surface area contributed by atoms with Crippen LogP contribution in [0.2, 0.25) is 0 Å². The number of carbonyl (C=O) groups excluding carboxylic acids is 2. The van der Waals surface area contributed by atoms with E-state index >= 15 is 0 Å². The number of ether oxygens (including phenoxy) is 2. The molecule has 1 rings (SSSR count). The predicted octanol–water partition coefficient (Wildman–Crippen LogP) is 1.47. The lowest BCUT2D eigenvalue weighted by molar-refractivity contribution is -0.274. The minimum absolute atomic E-state index is 0.0247. The molecule has 1 saturated heterocycles. The highest BCUT2D eigenvalue weighted by Crippen LogP contribution is 2.45. The maximum atomic E-state index is 12.8. The molecule has 1 aliphatic heterocycles. The van der Waals surface area contributed by atoms with E-state index in [1.165, 1.54) is 6.92 Å². The van der Waals surface area contributed by atoms with Gasteiger partial charge in [-0.2, -0.15) is 13.2 Å². The van der Waals surface area contributed by atoms with Crippen LogP contribution in [0.25, 0.3) is 0 Å². The average molecular weight is 254 g/mol. The third kappa shape index (κ3) is 2.15. The summed E-state index contributed by atoms with van der Waals surface area (Å²) < 4.78 is 47.4. The number of hydrogen-bond donors (Lipinski definition) is 0. The summed E-state index contributed by atoms with van der Waals surface area (Å²) in [7, 11) is 0. The Hall–Kier alpha value is -1.11. The number of esters is 1. The van der Waals surface area contributed by atoms with Gasteiger partial charge in [-0.1, -0.05) is 6.92 Å². The van der Waals surface area contributed by atoms with E-state index in [1.807, 2.05) is 0 Å². The third-order valence-electron chi connectivity index (χ3n) is 2.94. The molecule has 0 aromatic heterocycles. The van der Waals surface area contributed by atoms with Crippen molar-refractivity contribution in [2.24, 2.45) is 5.92 Å². The first-order valence-electron chi connectivity index (χ1n) is 5.10. The Morgan fingerprint density at radius 2 is 2.06 bits per heavy atom. The van der Waals surface area contributed by atoms with Crippen molar-refractivity contribution in [3.8, 4) is 0 Å².